The van der Waals surface area contributed by atoms with Crippen molar-refractivity contribution in [2.45, 2.75) is 39.0 Å². The highest BCUT2D eigenvalue weighted by atomic mass is 16.5. The number of carbonyl (C=O) groups is 1. The number of aliphatic hydroxyl groups is 1. The van der Waals surface area contributed by atoms with Gasteiger partial charge in [0.15, 0.2) is 0 Å². The molecule has 1 amide bonds. The Balaban J connectivity index is 2.91. The smallest absolute Gasteiger partial charge is 0.252 e. The molecule has 0 spiro atoms. The zero-order valence-corrected chi connectivity index (χ0v) is 11.4. The quantitative estimate of drug-likeness (QED) is 0.837. The zero-order valence-electron chi connectivity index (χ0n) is 11.4. The van der Waals surface area contributed by atoms with E-state index in [0.29, 0.717) is 12.2 Å². The molecule has 1 atom stereocenters. The molecule has 0 heterocycles. The van der Waals surface area contributed by atoms with Crippen LogP contribution < -0.4 is 5.32 Å². The minimum atomic E-state index is -0.669. The van der Waals surface area contributed by atoms with Crippen molar-refractivity contribution in [3.8, 4) is 0 Å². The molecule has 0 fully saturated rings. The van der Waals surface area contributed by atoms with Crippen molar-refractivity contribution in [2.24, 2.45) is 0 Å². The molecule has 1 aromatic carbocycles. The third kappa shape index (κ3) is 3.55. The lowest BCUT2D eigenvalue weighted by Crippen LogP contribution is -2.51. The van der Waals surface area contributed by atoms with E-state index in [1.165, 1.54) is 0 Å². The van der Waals surface area contributed by atoms with E-state index in [0.717, 1.165) is 5.56 Å². The molecule has 1 unspecified atom stereocenters. The largest absolute Gasteiger partial charge is 0.391 e. The Morgan fingerprint density at radius 2 is 2.06 bits per heavy atom. The van der Waals surface area contributed by atoms with Crippen molar-refractivity contribution >= 4 is 5.91 Å². The summed E-state index contributed by atoms with van der Waals surface area (Å²) in [5, 5.41) is 12.4. The van der Waals surface area contributed by atoms with Gasteiger partial charge in [-0.25, -0.2) is 0 Å². The molecule has 18 heavy (non-hydrogen) atoms. The van der Waals surface area contributed by atoms with Gasteiger partial charge in [0.25, 0.3) is 5.91 Å². The van der Waals surface area contributed by atoms with Gasteiger partial charge in [0.05, 0.1) is 18.2 Å². The summed E-state index contributed by atoms with van der Waals surface area (Å²) in [5.74, 6) is -0.200. The van der Waals surface area contributed by atoms with Gasteiger partial charge in [0.2, 0.25) is 0 Å². The Morgan fingerprint density at radius 1 is 1.44 bits per heavy atom. The van der Waals surface area contributed by atoms with Gasteiger partial charge >= 0.3 is 0 Å². The van der Waals surface area contributed by atoms with Crippen LogP contribution in [0.1, 0.15) is 36.7 Å². The number of nitrogens with one attached hydrogen (secondary N) is 1. The Kier molecular flexibility index (Phi) is 4.87. The number of methoxy groups -OCH3 is 1. The highest BCUT2D eigenvalue weighted by Crippen LogP contribution is 2.14. The normalized spacial score (nSPS) is 13.2. The van der Waals surface area contributed by atoms with Crippen molar-refractivity contribution in [3.05, 3.63) is 35.4 Å². The summed E-state index contributed by atoms with van der Waals surface area (Å²) >= 11 is 0. The van der Waals surface area contributed by atoms with Crippen LogP contribution in [0.2, 0.25) is 0 Å². The van der Waals surface area contributed by atoms with Crippen molar-refractivity contribution < 1.29 is 14.6 Å². The maximum atomic E-state index is 12.2. The highest BCUT2D eigenvalue weighted by Gasteiger charge is 2.27. The predicted molar refractivity (Wildman–Crippen MR) is 70.4 cm³/mol. The summed E-state index contributed by atoms with van der Waals surface area (Å²) in [6.45, 7) is 5.61. The summed E-state index contributed by atoms with van der Waals surface area (Å²) in [7, 11) is 1.59. The molecule has 0 radical (unpaired) electrons. The topological polar surface area (TPSA) is 58.6 Å². The standard InChI is InChI=1S/C14H21NO3/c1-10(16)14(2,3)15-13(17)12-8-6-5-7-11(12)9-18-4/h5-8,10,16H,9H2,1-4H3,(H,15,17). The summed E-state index contributed by atoms with van der Waals surface area (Å²) in [6.07, 6.45) is -0.629. The molecule has 0 bridgehead atoms. The molecule has 1 aromatic rings. The van der Waals surface area contributed by atoms with Crippen LogP contribution in [-0.4, -0.2) is 29.8 Å². The number of benzene rings is 1. The lowest BCUT2D eigenvalue weighted by Gasteiger charge is -2.29. The average Bonchev–Trinajstić information content (AvgIpc) is 2.29. The van der Waals surface area contributed by atoms with E-state index in [1.807, 2.05) is 18.2 Å². The van der Waals surface area contributed by atoms with Gasteiger partial charge in [-0.3, -0.25) is 4.79 Å². The van der Waals surface area contributed by atoms with Gasteiger partial charge in [-0.2, -0.15) is 0 Å². The van der Waals surface area contributed by atoms with Gasteiger partial charge in [-0.05, 0) is 32.4 Å². The highest BCUT2D eigenvalue weighted by molar-refractivity contribution is 5.96. The van der Waals surface area contributed by atoms with Crippen LogP contribution in [0.5, 0.6) is 0 Å². The number of aliphatic hydroxyl groups excluding tert-OH is 1. The number of carbonyl (C=O) groups excluding carboxylic acids is 1. The van der Waals surface area contributed by atoms with E-state index in [1.54, 1.807) is 33.9 Å². The minimum Gasteiger partial charge on any atom is -0.391 e. The van der Waals surface area contributed by atoms with Crippen LogP contribution >= 0.6 is 0 Å². The SMILES string of the molecule is COCc1ccccc1C(=O)NC(C)(C)C(C)O. The van der Waals surface area contributed by atoms with Gasteiger partial charge in [-0.15, -0.1) is 0 Å². The van der Waals surface area contributed by atoms with Crippen LogP contribution in [0.15, 0.2) is 24.3 Å². The summed E-state index contributed by atoms with van der Waals surface area (Å²) < 4.78 is 5.07. The number of hydrogen-bond donors (Lipinski definition) is 2. The maximum absolute atomic E-state index is 12.2. The average molecular weight is 251 g/mol. The van der Waals surface area contributed by atoms with Crippen LogP contribution in [-0.2, 0) is 11.3 Å². The summed E-state index contributed by atoms with van der Waals surface area (Å²) in [5.41, 5.74) is 0.740. The van der Waals surface area contributed by atoms with Crippen LogP contribution in [0.3, 0.4) is 0 Å². The monoisotopic (exact) mass is 251 g/mol. The van der Waals surface area contributed by atoms with Crippen molar-refractivity contribution in [3.63, 3.8) is 0 Å². The van der Waals surface area contributed by atoms with Gasteiger partial charge in [-0.1, -0.05) is 18.2 Å². The maximum Gasteiger partial charge on any atom is 0.252 e. The van der Waals surface area contributed by atoms with E-state index in [9.17, 15) is 9.90 Å². The summed E-state index contributed by atoms with van der Waals surface area (Å²) in [4.78, 5) is 12.2. The van der Waals surface area contributed by atoms with E-state index < -0.39 is 11.6 Å². The Morgan fingerprint density at radius 3 is 2.61 bits per heavy atom. The molecule has 0 aliphatic heterocycles. The number of hydrogen-bond acceptors (Lipinski definition) is 3. The van der Waals surface area contributed by atoms with E-state index in [2.05, 4.69) is 5.32 Å². The van der Waals surface area contributed by atoms with Gasteiger partial charge in [0.1, 0.15) is 0 Å². The second kappa shape index (κ2) is 5.98. The lowest BCUT2D eigenvalue weighted by atomic mass is 9.97. The number of ether oxygens (including phenoxy) is 1. The molecular formula is C14H21NO3. The van der Waals surface area contributed by atoms with Crippen LogP contribution in [0.25, 0.3) is 0 Å². The van der Waals surface area contributed by atoms with Crippen molar-refractivity contribution in [1.29, 1.82) is 0 Å². The number of amides is 1. The molecule has 4 heteroatoms. The molecule has 4 nitrogen and oxygen atoms in total. The summed E-state index contributed by atoms with van der Waals surface area (Å²) in [6, 6.07) is 7.28. The molecule has 2 N–H and O–H groups in total. The third-order valence-electron chi connectivity index (χ3n) is 3.04. The lowest BCUT2D eigenvalue weighted by molar-refractivity contribution is 0.0706. The van der Waals surface area contributed by atoms with E-state index >= 15 is 0 Å². The minimum absolute atomic E-state index is 0.200. The zero-order chi connectivity index (χ0) is 13.8. The second-order valence-corrected chi connectivity index (χ2v) is 4.94. The molecule has 1 rings (SSSR count). The Hall–Kier alpha value is -1.39. The second-order valence-electron chi connectivity index (χ2n) is 4.94. The van der Waals surface area contributed by atoms with Crippen molar-refractivity contribution in [1.82, 2.24) is 5.32 Å². The van der Waals surface area contributed by atoms with Gasteiger partial charge in [0, 0.05) is 12.7 Å². The van der Waals surface area contributed by atoms with E-state index in [4.69, 9.17) is 4.74 Å². The Labute approximate surface area is 108 Å². The molecule has 0 aliphatic rings. The Bertz CT molecular complexity index is 413. The molecule has 100 valence electrons. The fraction of sp³-hybridized carbons (Fsp3) is 0.500. The first-order valence-corrected chi connectivity index (χ1v) is 5.96. The molecule has 0 saturated carbocycles. The predicted octanol–water partition coefficient (Wildman–Crippen LogP) is 1.72. The van der Waals surface area contributed by atoms with Crippen LogP contribution in [0.4, 0.5) is 0 Å². The molecule has 0 aliphatic carbocycles. The first kappa shape index (κ1) is 14.7. The van der Waals surface area contributed by atoms with E-state index in [-0.39, 0.29) is 5.91 Å². The first-order valence-electron chi connectivity index (χ1n) is 5.96. The number of rotatable bonds is 5. The fourth-order valence-corrected chi connectivity index (χ4v) is 1.49. The molecule has 0 aromatic heterocycles. The molecular weight excluding hydrogens is 230 g/mol. The third-order valence-corrected chi connectivity index (χ3v) is 3.04. The van der Waals surface area contributed by atoms with Crippen molar-refractivity contribution in [2.75, 3.05) is 7.11 Å². The molecule has 0 saturated heterocycles. The van der Waals surface area contributed by atoms with Crippen LogP contribution in [0, 0.1) is 0 Å². The fourth-order valence-electron chi connectivity index (χ4n) is 1.49. The first-order chi connectivity index (χ1) is 8.38. The van der Waals surface area contributed by atoms with Gasteiger partial charge < -0.3 is 15.2 Å².